The van der Waals surface area contributed by atoms with Crippen molar-refractivity contribution in [2.75, 3.05) is 45.9 Å². The molecule has 2 fully saturated rings. The van der Waals surface area contributed by atoms with Crippen LogP contribution in [0.1, 0.15) is 25.7 Å². The van der Waals surface area contributed by atoms with Gasteiger partial charge in [0.05, 0.1) is 27.7 Å². The molecule has 0 bridgehead atoms. The van der Waals surface area contributed by atoms with Crippen LogP contribution in [0.15, 0.2) is 51.4 Å². The average Bonchev–Trinajstić information content (AvgIpc) is 2.99. The van der Waals surface area contributed by atoms with E-state index in [1.54, 1.807) is 14.2 Å². The highest BCUT2D eigenvalue weighted by Crippen LogP contribution is 2.43. The van der Waals surface area contributed by atoms with Gasteiger partial charge in [0.15, 0.2) is 0 Å². The summed E-state index contributed by atoms with van der Waals surface area (Å²) in [6, 6.07) is 8.45. The predicted octanol–water partition coefficient (Wildman–Crippen LogP) is 3.79. The molecule has 2 aliphatic rings. The van der Waals surface area contributed by atoms with Crippen molar-refractivity contribution < 1.29 is 31.5 Å². The fourth-order valence-electron chi connectivity index (χ4n) is 5.63. The molecule has 3 aromatic rings. The molecule has 0 aliphatic carbocycles. The predicted molar refractivity (Wildman–Crippen MR) is 150 cm³/mol. The van der Waals surface area contributed by atoms with Crippen LogP contribution in [0.2, 0.25) is 0 Å². The van der Waals surface area contributed by atoms with Crippen molar-refractivity contribution in [2.45, 2.75) is 47.7 Å². The Kier molecular flexibility index (Phi) is 8.12. The van der Waals surface area contributed by atoms with Gasteiger partial charge in [0, 0.05) is 61.9 Å². The fourth-order valence-corrected chi connectivity index (χ4v) is 8.71. The van der Waals surface area contributed by atoms with Gasteiger partial charge in [-0.05, 0) is 55.1 Å². The Morgan fingerprint density at radius 3 is 1.77 bits per heavy atom. The molecule has 0 saturated carbocycles. The minimum Gasteiger partial charge on any atom is -0.380 e. The van der Waals surface area contributed by atoms with Gasteiger partial charge in [0.25, 0.3) is 0 Å². The van der Waals surface area contributed by atoms with E-state index >= 15 is 0 Å². The van der Waals surface area contributed by atoms with Crippen molar-refractivity contribution in [3.05, 3.63) is 41.3 Å². The summed E-state index contributed by atoms with van der Waals surface area (Å²) in [6.45, 7) is 1.14. The van der Waals surface area contributed by atoms with Crippen molar-refractivity contribution >= 4 is 53.0 Å². The number of anilines is 1. The zero-order valence-corrected chi connectivity index (χ0v) is 23.9. The standard InChI is InChI=1S/C26H32N4O8S2/c1-37-17-5-3-11-29(15-17)39(33,34)19-7-9-21-23(13-19)25(27-31)22-10-8-20(14-24(22)26(21)28-32)40(35,36)30-12-4-6-18(16-30)38-2/h7-10,13-14,17-18,27,31H,3-6,11-12,15-16H2,1-2H3. The Labute approximate surface area is 232 Å². The number of fused-ring (bicyclic) bond motifs is 2. The van der Waals surface area contributed by atoms with Gasteiger partial charge < -0.3 is 9.47 Å². The Hall–Kier alpha value is -2.72. The number of rotatable bonds is 8. The lowest BCUT2D eigenvalue weighted by molar-refractivity contribution is 0.0571. The minimum absolute atomic E-state index is 0.0126. The molecule has 2 unspecified atom stereocenters. The van der Waals surface area contributed by atoms with Crippen molar-refractivity contribution in [3.63, 3.8) is 0 Å². The van der Waals surface area contributed by atoms with Crippen LogP contribution in [-0.2, 0) is 29.5 Å². The van der Waals surface area contributed by atoms with Crippen LogP contribution in [0, 0.1) is 4.91 Å². The van der Waals surface area contributed by atoms with Gasteiger partial charge in [-0.25, -0.2) is 16.8 Å². The molecule has 12 nitrogen and oxygen atoms in total. The summed E-state index contributed by atoms with van der Waals surface area (Å²) in [5.41, 5.74) is 2.19. The molecule has 3 aromatic carbocycles. The molecule has 2 saturated heterocycles. The number of nitrogens with one attached hydrogen (secondary N) is 1. The van der Waals surface area contributed by atoms with Crippen LogP contribution in [0.5, 0.6) is 0 Å². The van der Waals surface area contributed by atoms with Gasteiger partial charge in [-0.3, -0.25) is 10.7 Å². The van der Waals surface area contributed by atoms with E-state index < -0.39 is 20.0 Å². The van der Waals surface area contributed by atoms with Crippen LogP contribution >= 0.6 is 0 Å². The molecule has 0 spiro atoms. The minimum atomic E-state index is -3.91. The second-order valence-corrected chi connectivity index (χ2v) is 13.9. The Balaban J connectivity index is 1.63. The van der Waals surface area contributed by atoms with Gasteiger partial charge in [-0.1, -0.05) is 12.1 Å². The van der Waals surface area contributed by atoms with Crippen molar-refractivity contribution in [1.29, 1.82) is 0 Å². The fraction of sp³-hybridized carbons (Fsp3) is 0.462. The van der Waals surface area contributed by atoms with Crippen LogP contribution in [0.3, 0.4) is 0 Å². The third-order valence-corrected chi connectivity index (χ3v) is 11.6. The Bertz CT molecular complexity index is 1660. The molecule has 0 amide bonds. The molecule has 14 heteroatoms. The number of ether oxygens (including phenoxy) is 2. The van der Waals surface area contributed by atoms with E-state index in [-0.39, 0.29) is 62.6 Å². The number of nitroso groups, excluding NO2 is 1. The second kappa shape index (κ2) is 11.3. The largest absolute Gasteiger partial charge is 0.380 e. The maximum atomic E-state index is 13.5. The molecule has 2 N–H and O–H groups in total. The van der Waals surface area contributed by atoms with Crippen molar-refractivity contribution in [2.24, 2.45) is 5.18 Å². The Morgan fingerprint density at radius 2 is 1.30 bits per heavy atom. The molecule has 2 atom stereocenters. The lowest BCUT2D eigenvalue weighted by Gasteiger charge is -2.31. The van der Waals surface area contributed by atoms with E-state index in [0.717, 1.165) is 12.8 Å². The monoisotopic (exact) mass is 592 g/mol. The summed E-state index contributed by atoms with van der Waals surface area (Å²) in [6.07, 6.45) is 2.43. The first kappa shape index (κ1) is 28.8. The molecular formula is C26H32N4O8S2. The smallest absolute Gasteiger partial charge is 0.243 e. The number of hydrogen-bond donors (Lipinski definition) is 2. The van der Waals surface area contributed by atoms with E-state index in [9.17, 15) is 26.9 Å². The number of nitrogens with zero attached hydrogens (tertiary/aromatic N) is 3. The maximum Gasteiger partial charge on any atom is 0.243 e. The second-order valence-electron chi connectivity index (χ2n) is 10.1. The molecular weight excluding hydrogens is 560 g/mol. The third kappa shape index (κ3) is 4.98. The number of hydrogen-bond acceptors (Lipinski definition) is 10. The molecule has 0 radical (unpaired) electrons. The van der Waals surface area contributed by atoms with E-state index in [0.29, 0.717) is 31.3 Å². The molecule has 216 valence electrons. The SMILES string of the molecule is COC1CCCN(S(=O)(=O)c2ccc3c(NO)c4cc(S(=O)(=O)N5CCCC(OC)C5)ccc4c(N=O)c3c2)C1. The first-order valence-corrected chi connectivity index (χ1v) is 15.9. The van der Waals surface area contributed by atoms with Crippen LogP contribution < -0.4 is 5.48 Å². The first-order chi connectivity index (χ1) is 19.1. The molecule has 2 aliphatic heterocycles. The highest BCUT2D eigenvalue weighted by atomic mass is 32.2. The van der Waals surface area contributed by atoms with E-state index in [1.165, 1.54) is 45.0 Å². The normalized spacial score (nSPS) is 21.6. The molecule has 0 aromatic heterocycles. The van der Waals surface area contributed by atoms with E-state index in [1.807, 2.05) is 0 Å². The quantitative estimate of drug-likeness (QED) is 0.226. The molecule has 2 heterocycles. The van der Waals surface area contributed by atoms with E-state index in [4.69, 9.17) is 9.47 Å². The third-order valence-electron chi connectivity index (χ3n) is 7.86. The Morgan fingerprint density at radius 1 is 0.800 bits per heavy atom. The maximum absolute atomic E-state index is 13.5. The number of sulfonamides is 2. The average molecular weight is 593 g/mol. The molecule has 40 heavy (non-hydrogen) atoms. The van der Waals surface area contributed by atoms with Crippen LogP contribution in [0.4, 0.5) is 11.4 Å². The van der Waals surface area contributed by atoms with Gasteiger partial charge in [-0.2, -0.15) is 8.61 Å². The first-order valence-electron chi connectivity index (χ1n) is 13.0. The number of piperidine rings is 2. The zero-order valence-electron chi connectivity index (χ0n) is 22.2. The molecule has 5 rings (SSSR count). The lowest BCUT2D eigenvalue weighted by Crippen LogP contribution is -2.42. The van der Waals surface area contributed by atoms with Crippen molar-refractivity contribution in [3.8, 4) is 0 Å². The summed E-state index contributed by atoms with van der Waals surface area (Å²) in [5, 5.41) is 14.3. The van der Waals surface area contributed by atoms with Crippen LogP contribution in [0.25, 0.3) is 21.5 Å². The highest BCUT2D eigenvalue weighted by molar-refractivity contribution is 7.89. The summed E-state index contributed by atoms with van der Waals surface area (Å²) in [7, 11) is -4.71. The lowest BCUT2D eigenvalue weighted by atomic mass is 9.99. The van der Waals surface area contributed by atoms with Crippen LogP contribution in [-0.4, -0.2) is 83.3 Å². The van der Waals surface area contributed by atoms with E-state index in [2.05, 4.69) is 10.7 Å². The van der Waals surface area contributed by atoms with Gasteiger partial charge in [0.1, 0.15) is 5.69 Å². The number of benzene rings is 3. The summed E-state index contributed by atoms with van der Waals surface area (Å²) in [4.78, 5) is 12.1. The van der Waals surface area contributed by atoms with Gasteiger partial charge >= 0.3 is 0 Å². The highest BCUT2D eigenvalue weighted by Gasteiger charge is 2.33. The zero-order chi connectivity index (χ0) is 28.7. The number of methoxy groups -OCH3 is 2. The summed E-state index contributed by atoms with van der Waals surface area (Å²) in [5.74, 6) is 0. The van der Waals surface area contributed by atoms with Gasteiger partial charge in [0.2, 0.25) is 20.0 Å². The topological polar surface area (TPSA) is 155 Å². The summed E-state index contributed by atoms with van der Waals surface area (Å²) >= 11 is 0. The summed E-state index contributed by atoms with van der Waals surface area (Å²) < 4.78 is 67.4. The van der Waals surface area contributed by atoms with Gasteiger partial charge in [-0.15, -0.1) is 4.91 Å². The van der Waals surface area contributed by atoms with Crippen molar-refractivity contribution in [1.82, 2.24) is 8.61 Å².